The van der Waals surface area contributed by atoms with E-state index >= 15 is 0 Å². The Bertz CT molecular complexity index is 406. The van der Waals surface area contributed by atoms with Crippen LogP contribution in [0.25, 0.3) is 0 Å². The van der Waals surface area contributed by atoms with Crippen molar-refractivity contribution in [2.45, 2.75) is 52.5 Å². The Labute approximate surface area is 130 Å². The SMILES string of the molecule is CCC(NC)c1ccc(N2CCCC(C(C)C)CC2)cc1. The summed E-state index contributed by atoms with van der Waals surface area (Å²) in [6.45, 7) is 9.41. The molecule has 2 atom stereocenters. The number of hydrogen-bond donors (Lipinski definition) is 1. The number of hydrogen-bond acceptors (Lipinski definition) is 2. The van der Waals surface area contributed by atoms with Crippen LogP contribution in [0.3, 0.4) is 0 Å². The van der Waals surface area contributed by atoms with Crippen molar-refractivity contribution in [2.75, 3.05) is 25.0 Å². The first-order valence-corrected chi connectivity index (χ1v) is 8.67. The van der Waals surface area contributed by atoms with Crippen LogP contribution in [0, 0.1) is 11.8 Å². The van der Waals surface area contributed by atoms with Crippen LogP contribution in [0.15, 0.2) is 24.3 Å². The van der Waals surface area contributed by atoms with Gasteiger partial charge < -0.3 is 10.2 Å². The summed E-state index contributed by atoms with van der Waals surface area (Å²) >= 11 is 0. The fourth-order valence-electron chi connectivity index (χ4n) is 3.57. The molecular weight excluding hydrogens is 256 g/mol. The number of nitrogens with one attached hydrogen (secondary N) is 1. The van der Waals surface area contributed by atoms with Crippen LogP contribution in [0.4, 0.5) is 5.69 Å². The monoisotopic (exact) mass is 288 g/mol. The lowest BCUT2D eigenvalue weighted by Crippen LogP contribution is -2.24. The van der Waals surface area contributed by atoms with E-state index in [2.05, 4.69) is 55.3 Å². The molecule has 1 heterocycles. The first kappa shape index (κ1) is 16.4. The molecule has 1 aliphatic rings. The van der Waals surface area contributed by atoms with E-state index in [0.717, 1.165) is 18.3 Å². The predicted molar refractivity (Wildman–Crippen MR) is 92.9 cm³/mol. The molecule has 0 amide bonds. The minimum absolute atomic E-state index is 0.480. The molecule has 21 heavy (non-hydrogen) atoms. The largest absolute Gasteiger partial charge is 0.372 e. The van der Waals surface area contributed by atoms with Gasteiger partial charge in [0, 0.05) is 24.8 Å². The summed E-state index contributed by atoms with van der Waals surface area (Å²) in [6, 6.07) is 9.69. The van der Waals surface area contributed by atoms with Gasteiger partial charge in [-0.15, -0.1) is 0 Å². The maximum absolute atomic E-state index is 3.38. The van der Waals surface area contributed by atoms with Gasteiger partial charge in [0.05, 0.1) is 0 Å². The highest BCUT2D eigenvalue weighted by atomic mass is 15.1. The summed E-state index contributed by atoms with van der Waals surface area (Å²) in [6.07, 6.45) is 5.20. The molecule has 0 radical (unpaired) electrons. The van der Waals surface area contributed by atoms with E-state index in [9.17, 15) is 0 Å². The van der Waals surface area contributed by atoms with Gasteiger partial charge in [-0.2, -0.15) is 0 Å². The van der Waals surface area contributed by atoms with Gasteiger partial charge >= 0.3 is 0 Å². The lowest BCUT2D eigenvalue weighted by molar-refractivity contribution is 0.351. The molecule has 2 heteroatoms. The molecule has 2 rings (SSSR count). The smallest absolute Gasteiger partial charge is 0.0366 e. The first-order chi connectivity index (χ1) is 10.2. The Kier molecular flexibility index (Phi) is 6.10. The minimum Gasteiger partial charge on any atom is -0.372 e. The van der Waals surface area contributed by atoms with E-state index in [1.807, 2.05) is 7.05 Å². The Morgan fingerprint density at radius 1 is 1.14 bits per heavy atom. The van der Waals surface area contributed by atoms with E-state index in [4.69, 9.17) is 0 Å². The standard InChI is InChI=1S/C19H32N2/c1-5-19(20-4)17-8-10-18(11-9-17)21-13-6-7-16(12-14-21)15(2)3/h8-11,15-16,19-20H,5-7,12-14H2,1-4H3. The minimum atomic E-state index is 0.480. The number of benzene rings is 1. The van der Waals surface area contributed by atoms with Gasteiger partial charge in [-0.05, 0) is 62.3 Å². The molecule has 0 aliphatic carbocycles. The summed E-state index contributed by atoms with van der Waals surface area (Å²) in [7, 11) is 2.04. The molecule has 1 aliphatic heterocycles. The van der Waals surface area contributed by atoms with Crippen LogP contribution in [0.2, 0.25) is 0 Å². The zero-order valence-corrected chi connectivity index (χ0v) is 14.2. The molecule has 1 N–H and O–H groups in total. The number of anilines is 1. The molecule has 1 aromatic rings. The van der Waals surface area contributed by atoms with Crippen molar-refractivity contribution < 1.29 is 0 Å². The molecule has 0 aromatic heterocycles. The Balaban J connectivity index is 2.01. The molecule has 2 nitrogen and oxygen atoms in total. The summed E-state index contributed by atoms with van der Waals surface area (Å²) in [5.74, 6) is 1.73. The van der Waals surface area contributed by atoms with Crippen LogP contribution < -0.4 is 10.2 Å². The maximum Gasteiger partial charge on any atom is 0.0366 e. The Hall–Kier alpha value is -1.02. The fraction of sp³-hybridized carbons (Fsp3) is 0.684. The average Bonchev–Trinajstić information content (AvgIpc) is 2.75. The van der Waals surface area contributed by atoms with Crippen LogP contribution in [0.1, 0.15) is 58.1 Å². The molecule has 0 spiro atoms. The van der Waals surface area contributed by atoms with E-state index in [1.165, 1.54) is 43.6 Å². The van der Waals surface area contributed by atoms with Crippen molar-refractivity contribution in [1.82, 2.24) is 5.32 Å². The van der Waals surface area contributed by atoms with Crippen molar-refractivity contribution in [3.8, 4) is 0 Å². The highest BCUT2D eigenvalue weighted by molar-refractivity contribution is 5.48. The maximum atomic E-state index is 3.38. The second-order valence-corrected chi connectivity index (χ2v) is 6.76. The zero-order chi connectivity index (χ0) is 15.2. The van der Waals surface area contributed by atoms with Gasteiger partial charge in [-0.25, -0.2) is 0 Å². The van der Waals surface area contributed by atoms with Crippen molar-refractivity contribution in [3.05, 3.63) is 29.8 Å². The number of nitrogens with zero attached hydrogens (tertiary/aromatic N) is 1. The second-order valence-electron chi connectivity index (χ2n) is 6.76. The topological polar surface area (TPSA) is 15.3 Å². The molecule has 1 saturated heterocycles. The molecule has 1 fully saturated rings. The van der Waals surface area contributed by atoms with Gasteiger partial charge in [-0.3, -0.25) is 0 Å². The van der Waals surface area contributed by atoms with Crippen molar-refractivity contribution >= 4 is 5.69 Å². The zero-order valence-electron chi connectivity index (χ0n) is 14.2. The highest BCUT2D eigenvalue weighted by Gasteiger charge is 2.19. The average molecular weight is 288 g/mol. The van der Waals surface area contributed by atoms with Crippen LogP contribution in [-0.4, -0.2) is 20.1 Å². The van der Waals surface area contributed by atoms with Gasteiger partial charge in [-0.1, -0.05) is 32.9 Å². The normalized spacial score (nSPS) is 21.4. The first-order valence-electron chi connectivity index (χ1n) is 8.67. The molecular formula is C19H32N2. The lowest BCUT2D eigenvalue weighted by Gasteiger charge is -2.24. The van der Waals surface area contributed by atoms with Gasteiger partial charge in [0.25, 0.3) is 0 Å². The molecule has 118 valence electrons. The highest BCUT2D eigenvalue weighted by Crippen LogP contribution is 2.28. The molecule has 2 unspecified atom stereocenters. The van der Waals surface area contributed by atoms with E-state index < -0.39 is 0 Å². The van der Waals surface area contributed by atoms with Gasteiger partial charge in [0.2, 0.25) is 0 Å². The summed E-state index contributed by atoms with van der Waals surface area (Å²) in [5.41, 5.74) is 2.80. The summed E-state index contributed by atoms with van der Waals surface area (Å²) in [5, 5.41) is 3.38. The van der Waals surface area contributed by atoms with E-state index in [-0.39, 0.29) is 0 Å². The van der Waals surface area contributed by atoms with Crippen LogP contribution in [0.5, 0.6) is 0 Å². The van der Waals surface area contributed by atoms with Crippen molar-refractivity contribution in [2.24, 2.45) is 11.8 Å². The van der Waals surface area contributed by atoms with Gasteiger partial charge in [0.1, 0.15) is 0 Å². The molecule has 0 saturated carbocycles. The van der Waals surface area contributed by atoms with Crippen molar-refractivity contribution in [3.63, 3.8) is 0 Å². The third kappa shape index (κ3) is 4.23. The lowest BCUT2D eigenvalue weighted by atomic mass is 9.89. The summed E-state index contributed by atoms with van der Waals surface area (Å²) in [4.78, 5) is 2.58. The van der Waals surface area contributed by atoms with Crippen LogP contribution in [-0.2, 0) is 0 Å². The fourth-order valence-corrected chi connectivity index (χ4v) is 3.57. The second kappa shape index (κ2) is 7.84. The summed E-state index contributed by atoms with van der Waals surface area (Å²) < 4.78 is 0. The third-order valence-corrected chi connectivity index (χ3v) is 5.13. The predicted octanol–water partition coefficient (Wildman–Crippen LogP) is 4.62. The van der Waals surface area contributed by atoms with Crippen LogP contribution >= 0.6 is 0 Å². The molecule has 1 aromatic carbocycles. The van der Waals surface area contributed by atoms with E-state index in [0.29, 0.717) is 6.04 Å². The Morgan fingerprint density at radius 2 is 1.86 bits per heavy atom. The van der Waals surface area contributed by atoms with E-state index in [1.54, 1.807) is 0 Å². The Morgan fingerprint density at radius 3 is 2.43 bits per heavy atom. The molecule has 0 bridgehead atoms. The van der Waals surface area contributed by atoms with Crippen molar-refractivity contribution in [1.29, 1.82) is 0 Å². The quantitative estimate of drug-likeness (QED) is 0.850. The number of rotatable bonds is 5. The third-order valence-electron chi connectivity index (χ3n) is 5.13. The van der Waals surface area contributed by atoms with Gasteiger partial charge in [0.15, 0.2) is 0 Å².